The summed E-state index contributed by atoms with van der Waals surface area (Å²) >= 11 is 0. The van der Waals surface area contributed by atoms with Crippen molar-refractivity contribution in [3.63, 3.8) is 0 Å². The molecule has 0 amide bonds. The van der Waals surface area contributed by atoms with Gasteiger partial charge in [-0.2, -0.15) is 5.26 Å². The lowest BCUT2D eigenvalue weighted by Gasteiger charge is -2.06. The van der Waals surface area contributed by atoms with Crippen molar-refractivity contribution in [2.24, 2.45) is 0 Å². The van der Waals surface area contributed by atoms with Crippen molar-refractivity contribution in [3.8, 4) is 17.3 Å². The molecule has 0 saturated carbocycles. The Kier molecular flexibility index (Phi) is 3.77. The number of aromatic nitrogens is 3. The number of aryl methyl sites for hydroxylation is 1. The lowest BCUT2D eigenvalue weighted by molar-refractivity contribution is 0.0522. The number of ether oxygens (including phenoxy) is 1. The van der Waals surface area contributed by atoms with Crippen molar-refractivity contribution in [1.82, 2.24) is 14.4 Å². The SMILES string of the molecule is CCOC(=O)c1ncn2c(C)cc(-c3cccc(C#N)c3)nc12. The van der Waals surface area contributed by atoms with E-state index in [0.29, 0.717) is 16.9 Å². The van der Waals surface area contributed by atoms with E-state index in [1.165, 1.54) is 0 Å². The summed E-state index contributed by atoms with van der Waals surface area (Å²) in [6.07, 6.45) is 1.55. The Morgan fingerprint density at radius 1 is 1.39 bits per heavy atom. The van der Waals surface area contributed by atoms with Gasteiger partial charge in [0.15, 0.2) is 11.3 Å². The maximum Gasteiger partial charge on any atom is 0.360 e. The third kappa shape index (κ3) is 2.64. The molecule has 0 saturated heterocycles. The summed E-state index contributed by atoms with van der Waals surface area (Å²) in [5, 5.41) is 9.03. The highest BCUT2D eigenvalue weighted by Gasteiger charge is 2.18. The van der Waals surface area contributed by atoms with Crippen molar-refractivity contribution in [3.05, 3.63) is 53.6 Å². The van der Waals surface area contributed by atoms with Gasteiger partial charge in [0.25, 0.3) is 0 Å². The highest BCUT2D eigenvalue weighted by atomic mass is 16.5. The topological polar surface area (TPSA) is 80.3 Å². The normalized spacial score (nSPS) is 10.5. The standard InChI is InChI=1S/C17H14N4O2/c1-3-23-17(22)15-16-20-14(7-11(2)21(16)10-19-15)13-6-4-5-12(8-13)9-18/h4-8,10H,3H2,1-2H3. The Balaban J connectivity index is 2.17. The molecule has 2 heterocycles. The highest BCUT2D eigenvalue weighted by molar-refractivity contribution is 5.94. The molecule has 0 aliphatic rings. The Morgan fingerprint density at radius 2 is 2.22 bits per heavy atom. The fourth-order valence-electron chi connectivity index (χ4n) is 2.36. The average molecular weight is 306 g/mol. The molecule has 1 aromatic carbocycles. The van der Waals surface area contributed by atoms with Crippen LogP contribution in [-0.4, -0.2) is 26.9 Å². The summed E-state index contributed by atoms with van der Waals surface area (Å²) in [5.74, 6) is -0.496. The van der Waals surface area contributed by atoms with E-state index in [4.69, 9.17) is 10.00 Å². The van der Waals surface area contributed by atoms with E-state index < -0.39 is 5.97 Å². The fraction of sp³-hybridized carbons (Fsp3) is 0.176. The van der Waals surface area contributed by atoms with Gasteiger partial charge in [-0.15, -0.1) is 0 Å². The number of esters is 1. The first-order chi connectivity index (χ1) is 11.1. The number of carbonyl (C=O) groups is 1. The van der Waals surface area contributed by atoms with Crippen LogP contribution < -0.4 is 0 Å². The van der Waals surface area contributed by atoms with Crippen molar-refractivity contribution >= 4 is 11.6 Å². The first kappa shape index (κ1) is 14.7. The van der Waals surface area contributed by atoms with Crippen LogP contribution in [0.5, 0.6) is 0 Å². The second-order valence-corrected chi connectivity index (χ2v) is 4.98. The van der Waals surface area contributed by atoms with E-state index in [-0.39, 0.29) is 12.3 Å². The second-order valence-electron chi connectivity index (χ2n) is 4.98. The number of hydrogen-bond acceptors (Lipinski definition) is 5. The molecule has 0 fully saturated rings. The molecule has 0 atom stereocenters. The maximum absolute atomic E-state index is 12.0. The van der Waals surface area contributed by atoms with Gasteiger partial charge in [-0.05, 0) is 32.0 Å². The predicted octanol–water partition coefficient (Wildman–Crippen LogP) is 2.75. The largest absolute Gasteiger partial charge is 0.461 e. The molecular weight excluding hydrogens is 292 g/mol. The van der Waals surface area contributed by atoms with E-state index >= 15 is 0 Å². The minimum absolute atomic E-state index is 0.188. The summed E-state index contributed by atoms with van der Waals surface area (Å²) in [6.45, 7) is 3.93. The number of nitrogens with zero attached hydrogens (tertiary/aromatic N) is 4. The molecule has 0 radical (unpaired) electrons. The molecule has 0 aliphatic heterocycles. The second kappa shape index (κ2) is 5.89. The van der Waals surface area contributed by atoms with E-state index in [1.54, 1.807) is 35.9 Å². The van der Waals surface area contributed by atoms with Crippen LogP contribution >= 0.6 is 0 Å². The van der Waals surface area contributed by atoms with Crippen LogP contribution in [0.1, 0.15) is 28.7 Å². The van der Waals surface area contributed by atoms with E-state index in [0.717, 1.165) is 11.3 Å². The van der Waals surface area contributed by atoms with Crippen molar-refractivity contribution in [2.45, 2.75) is 13.8 Å². The summed E-state index contributed by atoms with van der Waals surface area (Å²) in [6, 6.07) is 11.2. The number of carbonyl (C=O) groups excluding carboxylic acids is 1. The average Bonchev–Trinajstić information content (AvgIpc) is 2.99. The highest BCUT2D eigenvalue weighted by Crippen LogP contribution is 2.22. The Morgan fingerprint density at radius 3 is 2.96 bits per heavy atom. The minimum atomic E-state index is -0.496. The zero-order valence-corrected chi connectivity index (χ0v) is 12.8. The molecule has 0 aliphatic carbocycles. The van der Waals surface area contributed by atoms with Gasteiger partial charge < -0.3 is 4.74 Å². The fourth-order valence-corrected chi connectivity index (χ4v) is 2.36. The number of nitriles is 1. The molecule has 0 spiro atoms. The maximum atomic E-state index is 12.0. The lowest BCUT2D eigenvalue weighted by Crippen LogP contribution is -2.07. The van der Waals surface area contributed by atoms with E-state index in [1.807, 2.05) is 19.1 Å². The van der Waals surface area contributed by atoms with Crippen molar-refractivity contribution in [1.29, 1.82) is 5.26 Å². The third-order valence-corrected chi connectivity index (χ3v) is 3.45. The molecular formula is C17H14N4O2. The van der Waals surface area contributed by atoms with Gasteiger partial charge in [0.05, 0.1) is 23.9 Å². The van der Waals surface area contributed by atoms with Gasteiger partial charge in [0.1, 0.15) is 6.33 Å². The molecule has 2 aromatic heterocycles. The quantitative estimate of drug-likeness (QED) is 0.695. The van der Waals surface area contributed by atoms with Gasteiger partial charge in [-0.3, -0.25) is 4.40 Å². The van der Waals surface area contributed by atoms with Gasteiger partial charge >= 0.3 is 5.97 Å². The number of benzene rings is 1. The number of fused-ring (bicyclic) bond motifs is 1. The monoisotopic (exact) mass is 306 g/mol. The van der Waals surface area contributed by atoms with Gasteiger partial charge in [0.2, 0.25) is 0 Å². The molecule has 23 heavy (non-hydrogen) atoms. The first-order valence-electron chi connectivity index (χ1n) is 7.16. The van der Waals surface area contributed by atoms with Crippen LogP contribution in [-0.2, 0) is 4.74 Å². The van der Waals surface area contributed by atoms with Gasteiger partial charge in [-0.25, -0.2) is 14.8 Å². The zero-order chi connectivity index (χ0) is 16.4. The Bertz CT molecular complexity index is 937. The van der Waals surface area contributed by atoms with Crippen LogP contribution in [0.15, 0.2) is 36.7 Å². The Hall–Kier alpha value is -3.20. The zero-order valence-electron chi connectivity index (χ0n) is 12.8. The van der Waals surface area contributed by atoms with Crippen LogP contribution in [0, 0.1) is 18.3 Å². The minimum Gasteiger partial charge on any atom is -0.461 e. The van der Waals surface area contributed by atoms with Gasteiger partial charge in [-0.1, -0.05) is 12.1 Å². The first-order valence-corrected chi connectivity index (χ1v) is 7.16. The van der Waals surface area contributed by atoms with Gasteiger partial charge in [0, 0.05) is 11.3 Å². The molecule has 3 rings (SSSR count). The van der Waals surface area contributed by atoms with Crippen LogP contribution in [0.4, 0.5) is 0 Å². The van der Waals surface area contributed by atoms with Crippen LogP contribution in [0.2, 0.25) is 0 Å². The number of hydrogen-bond donors (Lipinski definition) is 0. The molecule has 0 unspecified atom stereocenters. The lowest BCUT2D eigenvalue weighted by atomic mass is 10.1. The van der Waals surface area contributed by atoms with Crippen LogP contribution in [0.25, 0.3) is 16.9 Å². The summed E-state index contributed by atoms with van der Waals surface area (Å²) < 4.78 is 6.76. The molecule has 114 valence electrons. The molecule has 0 bridgehead atoms. The van der Waals surface area contributed by atoms with E-state index in [9.17, 15) is 4.79 Å². The smallest absolute Gasteiger partial charge is 0.360 e. The third-order valence-electron chi connectivity index (χ3n) is 3.45. The molecule has 6 nitrogen and oxygen atoms in total. The molecule has 6 heteroatoms. The predicted molar refractivity (Wildman–Crippen MR) is 83.8 cm³/mol. The van der Waals surface area contributed by atoms with Crippen molar-refractivity contribution < 1.29 is 9.53 Å². The number of rotatable bonds is 3. The summed E-state index contributed by atoms with van der Waals surface area (Å²) in [5.41, 5.74) is 3.56. The molecule has 0 N–H and O–H groups in total. The summed E-state index contributed by atoms with van der Waals surface area (Å²) in [4.78, 5) is 20.7. The number of imidazole rings is 1. The van der Waals surface area contributed by atoms with Crippen molar-refractivity contribution in [2.75, 3.05) is 6.61 Å². The Labute approximate surface area is 133 Å². The summed E-state index contributed by atoms with van der Waals surface area (Å²) in [7, 11) is 0. The molecule has 3 aromatic rings. The van der Waals surface area contributed by atoms with E-state index in [2.05, 4.69) is 16.0 Å². The van der Waals surface area contributed by atoms with Crippen LogP contribution in [0.3, 0.4) is 0 Å².